The average Bonchev–Trinajstić information content (AvgIpc) is 3.15. The van der Waals surface area contributed by atoms with Gasteiger partial charge in [-0.25, -0.2) is 0 Å². The lowest BCUT2D eigenvalue weighted by atomic mass is 10.1. The minimum Gasteiger partial charge on any atom is -0.493 e. The van der Waals surface area contributed by atoms with Crippen LogP contribution in [0.2, 0.25) is 5.02 Å². The number of nitrogens with zero attached hydrogens (tertiary/aromatic N) is 1. The molecule has 6 heteroatoms. The fraction of sp³-hybridized carbons (Fsp3) is 0.455. The molecule has 152 valence electrons. The molecule has 0 amide bonds. The first-order valence-electron chi connectivity index (χ1n) is 9.79. The molecule has 1 unspecified atom stereocenters. The molecule has 0 saturated carbocycles. The molecule has 1 fully saturated rings. The predicted octanol–water partition coefficient (Wildman–Crippen LogP) is 5.26. The Labute approximate surface area is 181 Å². The number of ether oxygens (including phenoxy) is 2. The summed E-state index contributed by atoms with van der Waals surface area (Å²) in [5.41, 5.74) is 2.23. The van der Waals surface area contributed by atoms with E-state index in [4.69, 9.17) is 21.1 Å². The van der Waals surface area contributed by atoms with Gasteiger partial charge in [0.15, 0.2) is 11.5 Å². The highest BCUT2D eigenvalue weighted by molar-refractivity contribution is 9.10. The van der Waals surface area contributed by atoms with E-state index in [1.165, 1.54) is 24.9 Å². The van der Waals surface area contributed by atoms with Crippen LogP contribution in [0.5, 0.6) is 11.5 Å². The molecule has 0 spiro atoms. The van der Waals surface area contributed by atoms with Crippen LogP contribution in [-0.4, -0.2) is 37.7 Å². The molecule has 0 aromatic heterocycles. The van der Waals surface area contributed by atoms with Crippen LogP contribution in [-0.2, 0) is 13.2 Å². The lowest BCUT2D eigenvalue weighted by Gasteiger charge is -2.23. The van der Waals surface area contributed by atoms with Gasteiger partial charge in [0.1, 0.15) is 6.61 Å². The maximum atomic E-state index is 6.01. The minimum atomic E-state index is 0.457. The fourth-order valence-corrected chi connectivity index (χ4v) is 4.41. The molecular weight excluding hydrogens is 440 g/mol. The third kappa shape index (κ3) is 5.63. The maximum absolute atomic E-state index is 6.01. The van der Waals surface area contributed by atoms with Crippen molar-refractivity contribution in [1.29, 1.82) is 0 Å². The van der Waals surface area contributed by atoms with Gasteiger partial charge in [-0.2, -0.15) is 0 Å². The maximum Gasteiger partial charge on any atom is 0.175 e. The largest absolute Gasteiger partial charge is 0.493 e. The first-order chi connectivity index (χ1) is 13.6. The molecule has 2 aromatic carbocycles. The van der Waals surface area contributed by atoms with Gasteiger partial charge in [0.05, 0.1) is 11.6 Å². The van der Waals surface area contributed by atoms with Crippen LogP contribution in [0.3, 0.4) is 0 Å². The fourth-order valence-electron chi connectivity index (χ4n) is 3.68. The Hall–Kier alpha value is -1.27. The predicted molar refractivity (Wildman–Crippen MR) is 118 cm³/mol. The molecule has 3 rings (SSSR count). The second-order valence-corrected chi connectivity index (χ2v) is 8.37. The molecule has 1 aliphatic rings. The van der Waals surface area contributed by atoms with Crippen LogP contribution in [0.15, 0.2) is 40.9 Å². The Morgan fingerprint density at radius 2 is 2.00 bits per heavy atom. The Balaban J connectivity index is 1.59. The van der Waals surface area contributed by atoms with Crippen LogP contribution in [0.4, 0.5) is 0 Å². The summed E-state index contributed by atoms with van der Waals surface area (Å²) in [5, 5.41) is 4.32. The Kier molecular flexibility index (Phi) is 8.03. The smallest absolute Gasteiger partial charge is 0.175 e. The summed E-state index contributed by atoms with van der Waals surface area (Å²) < 4.78 is 12.5. The van der Waals surface area contributed by atoms with E-state index in [0.717, 1.165) is 40.4 Å². The second-order valence-electron chi connectivity index (χ2n) is 7.08. The van der Waals surface area contributed by atoms with Gasteiger partial charge in [0, 0.05) is 24.2 Å². The van der Waals surface area contributed by atoms with E-state index in [2.05, 4.69) is 39.1 Å². The van der Waals surface area contributed by atoms with E-state index in [-0.39, 0.29) is 0 Å². The molecule has 0 bridgehead atoms. The van der Waals surface area contributed by atoms with Gasteiger partial charge in [0.2, 0.25) is 0 Å². The average molecular weight is 468 g/mol. The second kappa shape index (κ2) is 10.5. The van der Waals surface area contributed by atoms with Gasteiger partial charge in [0.25, 0.3) is 0 Å². The van der Waals surface area contributed by atoms with Crippen molar-refractivity contribution in [2.24, 2.45) is 0 Å². The van der Waals surface area contributed by atoms with Crippen molar-refractivity contribution in [1.82, 2.24) is 10.2 Å². The number of likely N-dealkylation sites (tertiary alicyclic amines) is 1. The number of hydrogen-bond acceptors (Lipinski definition) is 4. The highest BCUT2D eigenvalue weighted by Crippen LogP contribution is 2.37. The first kappa shape index (κ1) is 21.4. The summed E-state index contributed by atoms with van der Waals surface area (Å²) in [4.78, 5) is 2.55. The van der Waals surface area contributed by atoms with Gasteiger partial charge in [-0.1, -0.05) is 30.7 Å². The third-order valence-electron chi connectivity index (χ3n) is 5.20. The molecule has 1 atom stereocenters. The quantitative estimate of drug-likeness (QED) is 0.545. The minimum absolute atomic E-state index is 0.457. The molecule has 1 saturated heterocycles. The number of benzene rings is 2. The Morgan fingerprint density at radius 3 is 2.71 bits per heavy atom. The summed E-state index contributed by atoms with van der Waals surface area (Å²) in [6.45, 7) is 6.87. The summed E-state index contributed by atoms with van der Waals surface area (Å²) >= 11 is 9.58. The summed E-state index contributed by atoms with van der Waals surface area (Å²) in [6, 6.07) is 12.4. The normalized spacial score (nSPS) is 17.1. The van der Waals surface area contributed by atoms with Crippen molar-refractivity contribution in [2.45, 2.75) is 39.0 Å². The summed E-state index contributed by atoms with van der Waals surface area (Å²) in [7, 11) is 1.67. The SMILES string of the molecule is CCN1CCCC1CNCc1cc(Br)c(OCc2ccc(Cl)cc2)c(OC)c1. The number of rotatable bonds is 9. The Bertz CT molecular complexity index is 770. The lowest BCUT2D eigenvalue weighted by molar-refractivity contribution is 0.259. The van der Waals surface area contributed by atoms with E-state index < -0.39 is 0 Å². The highest BCUT2D eigenvalue weighted by atomic mass is 79.9. The van der Waals surface area contributed by atoms with Gasteiger partial charge in [-0.15, -0.1) is 0 Å². The van der Waals surface area contributed by atoms with Gasteiger partial charge in [-0.05, 0) is 77.3 Å². The molecule has 0 aliphatic carbocycles. The van der Waals surface area contributed by atoms with Crippen LogP contribution in [0.25, 0.3) is 0 Å². The molecule has 2 aromatic rings. The topological polar surface area (TPSA) is 33.7 Å². The summed E-state index contributed by atoms with van der Waals surface area (Å²) in [5.74, 6) is 1.45. The number of hydrogen-bond donors (Lipinski definition) is 1. The van der Waals surface area contributed by atoms with Gasteiger partial charge < -0.3 is 14.8 Å². The zero-order valence-electron chi connectivity index (χ0n) is 16.5. The van der Waals surface area contributed by atoms with Crippen LogP contribution in [0, 0.1) is 0 Å². The van der Waals surface area contributed by atoms with E-state index in [1.54, 1.807) is 7.11 Å². The van der Waals surface area contributed by atoms with Crippen LogP contribution < -0.4 is 14.8 Å². The van der Waals surface area contributed by atoms with Crippen molar-refractivity contribution < 1.29 is 9.47 Å². The molecule has 0 radical (unpaired) electrons. The monoisotopic (exact) mass is 466 g/mol. The molecule has 1 aliphatic heterocycles. The molecule has 28 heavy (non-hydrogen) atoms. The standard InChI is InChI=1S/C22H28BrClN2O2/c1-3-26-10-4-5-19(26)14-25-13-17-11-20(23)22(21(12-17)27-2)28-15-16-6-8-18(24)9-7-16/h6-9,11-12,19,25H,3-5,10,13-15H2,1-2H3. The van der Waals surface area contributed by atoms with E-state index in [9.17, 15) is 0 Å². The lowest BCUT2D eigenvalue weighted by Crippen LogP contribution is -2.37. The number of halogens is 2. The van der Waals surface area contributed by atoms with Crippen molar-refractivity contribution in [3.05, 3.63) is 57.0 Å². The van der Waals surface area contributed by atoms with Gasteiger partial charge >= 0.3 is 0 Å². The van der Waals surface area contributed by atoms with Crippen molar-refractivity contribution >= 4 is 27.5 Å². The number of methoxy groups -OCH3 is 1. The van der Waals surface area contributed by atoms with E-state index in [0.29, 0.717) is 18.4 Å². The Morgan fingerprint density at radius 1 is 1.21 bits per heavy atom. The zero-order chi connectivity index (χ0) is 19.9. The molecule has 1 N–H and O–H groups in total. The third-order valence-corrected chi connectivity index (χ3v) is 6.04. The van der Waals surface area contributed by atoms with Gasteiger partial charge in [-0.3, -0.25) is 4.90 Å². The van der Waals surface area contributed by atoms with Crippen molar-refractivity contribution in [3.63, 3.8) is 0 Å². The zero-order valence-corrected chi connectivity index (χ0v) is 18.9. The molecular formula is C22H28BrClN2O2. The first-order valence-corrected chi connectivity index (χ1v) is 11.0. The number of likely N-dealkylation sites (N-methyl/N-ethyl adjacent to an activating group) is 1. The molecule has 1 heterocycles. The van der Waals surface area contributed by atoms with Crippen LogP contribution >= 0.6 is 27.5 Å². The van der Waals surface area contributed by atoms with Crippen molar-refractivity contribution in [2.75, 3.05) is 26.7 Å². The highest BCUT2D eigenvalue weighted by Gasteiger charge is 2.22. The van der Waals surface area contributed by atoms with Crippen LogP contribution in [0.1, 0.15) is 30.9 Å². The number of nitrogens with one attached hydrogen (secondary N) is 1. The van der Waals surface area contributed by atoms with E-state index in [1.807, 2.05) is 30.3 Å². The molecule has 4 nitrogen and oxygen atoms in total. The van der Waals surface area contributed by atoms with Crippen molar-refractivity contribution in [3.8, 4) is 11.5 Å². The summed E-state index contributed by atoms with van der Waals surface area (Å²) in [6.07, 6.45) is 2.59. The van der Waals surface area contributed by atoms with E-state index >= 15 is 0 Å².